The summed E-state index contributed by atoms with van der Waals surface area (Å²) in [7, 11) is 0. The molecule has 0 amide bonds. The molecule has 0 saturated heterocycles. The molecule has 226 valence electrons. The fourth-order valence-corrected chi connectivity index (χ4v) is 8.88. The van der Waals surface area contributed by atoms with Crippen LogP contribution in [-0.4, -0.2) is 14.5 Å². The number of para-hydroxylation sites is 2. The van der Waals surface area contributed by atoms with E-state index in [0.29, 0.717) is 5.95 Å². The molecule has 0 aliphatic rings. The maximum atomic E-state index is 5.50. The van der Waals surface area contributed by atoms with E-state index in [1.807, 2.05) is 11.3 Å². The molecule has 48 heavy (non-hydrogen) atoms. The summed E-state index contributed by atoms with van der Waals surface area (Å²) in [5, 5.41) is 8.51. The molecule has 0 spiro atoms. The maximum absolute atomic E-state index is 5.50. The third kappa shape index (κ3) is 3.93. The van der Waals surface area contributed by atoms with Crippen molar-refractivity contribution in [3.63, 3.8) is 0 Å². The smallest absolute Gasteiger partial charge is 0.235 e. The molecule has 0 radical (unpaired) electrons. The normalized spacial score (nSPS) is 12.0. The van der Waals surface area contributed by atoms with Crippen LogP contribution in [-0.2, 0) is 0 Å². The summed E-state index contributed by atoms with van der Waals surface area (Å²) in [6, 6.07) is 50.2. The van der Waals surface area contributed by atoms with Gasteiger partial charge in [-0.15, -0.1) is 11.3 Å². The molecular weight excluding hydrogens is 603 g/mol. The zero-order valence-electron chi connectivity index (χ0n) is 26.5. The van der Waals surface area contributed by atoms with E-state index in [4.69, 9.17) is 9.97 Å². The summed E-state index contributed by atoms with van der Waals surface area (Å²) in [5.41, 5.74) is 10.2. The van der Waals surface area contributed by atoms with E-state index in [9.17, 15) is 0 Å². The predicted octanol–water partition coefficient (Wildman–Crippen LogP) is 12.2. The van der Waals surface area contributed by atoms with Crippen LogP contribution >= 0.6 is 11.3 Å². The molecule has 0 saturated carbocycles. The highest BCUT2D eigenvalue weighted by molar-refractivity contribution is 7.26. The van der Waals surface area contributed by atoms with Crippen molar-refractivity contribution >= 4 is 75.0 Å². The molecule has 7 aromatic carbocycles. The van der Waals surface area contributed by atoms with E-state index in [1.54, 1.807) is 0 Å². The van der Waals surface area contributed by atoms with Gasteiger partial charge in [0.05, 0.1) is 22.2 Å². The first-order chi connectivity index (χ1) is 23.6. The number of rotatable bonds is 3. The number of nitrogens with zero attached hydrogens (tertiary/aromatic N) is 3. The second-order valence-corrected chi connectivity index (χ2v) is 13.7. The summed E-state index contributed by atoms with van der Waals surface area (Å²) in [6.07, 6.45) is 0. The first-order valence-electron chi connectivity index (χ1n) is 16.3. The van der Waals surface area contributed by atoms with Crippen molar-refractivity contribution < 1.29 is 0 Å². The molecule has 0 fully saturated rings. The second-order valence-electron chi connectivity index (χ2n) is 12.7. The van der Waals surface area contributed by atoms with Crippen LogP contribution in [0.15, 0.2) is 140 Å². The van der Waals surface area contributed by atoms with E-state index in [0.717, 1.165) is 33.2 Å². The Morgan fingerprint density at radius 2 is 1.21 bits per heavy atom. The van der Waals surface area contributed by atoms with Crippen LogP contribution in [0, 0.1) is 13.8 Å². The largest absolute Gasteiger partial charge is 0.277 e. The lowest BCUT2D eigenvalue weighted by Crippen LogP contribution is -2.04. The monoisotopic (exact) mass is 631 g/mol. The van der Waals surface area contributed by atoms with Crippen LogP contribution in [0.1, 0.15) is 11.1 Å². The zero-order valence-corrected chi connectivity index (χ0v) is 27.3. The second kappa shape index (κ2) is 10.3. The Balaban J connectivity index is 1.32. The van der Waals surface area contributed by atoms with Crippen LogP contribution < -0.4 is 0 Å². The maximum Gasteiger partial charge on any atom is 0.235 e. The first-order valence-corrected chi connectivity index (χ1v) is 17.2. The molecule has 10 aromatic rings. The van der Waals surface area contributed by atoms with Gasteiger partial charge in [-0.3, -0.25) is 4.57 Å². The Morgan fingerprint density at radius 1 is 0.542 bits per heavy atom. The molecule has 10 rings (SSSR count). The molecule has 3 heterocycles. The minimum absolute atomic E-state index is 0.685. The standard InChI is InChI=1S/C44H29N3S/c1-26-25-36(27(2)24-35(26)28-12-4-3-5-13-28)41-34-16-6-9-17-37(34)45-44(46-41)47-38-18-10-7-14-30(38)32-22-20-29-21-23-33-31-15-8-11-19-39(31)48-43(33)40(29)42(32)47/h3-25H,1-2H3. The van der Waals surface area contributed by atoms with Crippen molar-refractivity contribution in [1.29, 1.82) is 0 Å². The highest BCUT2D eigenvalue weighted by Gasteiger charge is 2.22. The summed E-state index contributed by atoms with van der Waals surface area (Å²) >= 11 is 1.87. The highest BCUT2D eigenvalue weighted by atomic mass is 32.1. The van der Waals surface area contributed by atoms with E-state index in [-0.39, 0.29) is 0 Å². The van der Waals surface area contributed by atoms with E-state index < -0.39 is 0 Å². The highest BCUT2D eigenvalue weighted by Crippen LogP contribution is 2.44. The van der Waals surface area contributed by atoms with Gasteiger partial charge in [0.1, 0.15) is 0 Å². The third-order valence-corrected chi connectivity index (χ3v) is 11.1. The van der Waals surface area contributed by atoms with Gasteiger partial charge in [0.2, 0.25) is 5.95 Å². The minimum Gasteiger partial charge on any atom is -0.277 e. The molecule has 0 atom stereocenters. The fourth-order valence-electron chi connectivity index (χ4n) is 7.62. The average molecular weight is 632 g/mol. The summed E-state index contributed by atoms with van der Waals surface area (Å²) < 4.78 is 4.91. The van der Waals surface area contributed by atoms with Gasteiger partial charge in [-0.2, -0.15) is 0 Å². The van der Waals surface area contributed by atoms with Crippen LogP contribution in [0.3, 0.4) is 0 Å². The van der Waals surface area contributed by atoms with E-state index in [2.05, 4.69) is 158 Å². The van der Waals surface area contributed by atoms with Crippen LogP contribution in [0.25, 0.3) is 92.0 Å². The van der Waals surface area contributed by atoms with Gasteiger partial charge in [-0.05, 0) is 65.8 Å². The number of hydrogen-bond donors (Lipinski definition) is 0. The van der Waals surface area contributed by atoms with Crippen molar-refractivity contribution in [1.82, 2.24) is 14.5 Å². The van der Waals surface area contributed by atoms with Crippen LogP contribution in [0.4, 0.5) is 0 Å². The Labute approximate surface area is 281 Å². The zero-order chi connectivity index (χ0) is 31.9. The Bertz CT molecular complexity index is 2910. The molecule has 0 bridgehead atoms. The molecular formula is C44H29N3S. The van der Waals surface area contributed by atoms with Gasteiger partial charge >= 0.3 is 0 Å². The van der Waals surface area contributed by atoms with Crippen molar-refractivity contribution in [3.05, 3.63) is 151 Å². The van der Waals surface area contributed by atoms with Gasteiger partial charge in [-0.1, -0.05) is 115 Å². The molecule has 0 aliphatic carbocycles. The Hall–Kier alpha value is -5.84. The van der Waals surface area contributed by atoms with Gasteiger partial charge in [0.25, 0.3) is 0 Å². The lowest BCUT2D eigenvalue weighted by Gasteiger charge is -2.16. The van der Waals surface area contributed by atoms with Gasteiger partial charge in [0.15, 0.2) is 0 Å². The van der Waals surface area contributed by atoms with Gasteiger partial charge in [-0.25, -0.2) is 9.97 Å². The van der Waals surface area contributed by atoms with E-state index >= 15 is 0 Å². The first kappa shape index (κ1) is 27.3. The number of hydrogen-bond acceptors (Lipinski definition) is 3. The van der Waals surface area contributed by atoms with Crippen molar-refractivity contribution in [3.8, 4) is 28.3 Å². The van der Waals surface area contributed by atoms with Gasteiger partial charge < -0.3 is 0 Å². The number of fused-ring (bicyclic) bond motifs is 10. The number of aromatic nitrogens is 3. The summed E-state index contributed by atoms with van der Waals surface area (Å²) in [5.74, 6) is 0.685. The minimum atomic E-state index is 0.685. The topological polar surface area (TPSA) is 30.7 Å². The summed E-state index contributed by atoms with van der Waals surface area (Å²) in [6.45, 7) is 4.40. The lowest BCUT2D eigenvalue weighted by atomic mass is 9.92. The quantitative estimate of drug-likeness (QED) is 0.194. The number of benzene rings is 7. The van der Waals surface area contributed by atoms with Crippen molar-refractivity contribution in [2.75, 3.05) is 0 Å². The van der Waals surface area contributed by atoms with Crippen molar-refractivity contribution in [2.24, 2.45) is 0 Å². The average Bonchev–Trinajstić information content (AvgIpc) is 3.68. The molecule has 3 nitrogen and oxygen atoms in total. The third-order valence-electron chi connectivity index (χ3n) is 9.86. The molecule has 3 aromatic heterocycles. The lowest BCUT2D eigenvalue weighted by molar-refractivity contribution is 1.02. The predicted molar refractivity (Wildman–Crippen MR) is 205 cm³/mol. The van der Waals surface area contributed by atoms with Crippen molar-refractivity contribution in [2.45, 2.75) is 13.8 Å². The Kier molecular flexibility index (Phi) is 5.87. The van der Waals surface area contributed by atoms with Crippen LogP contribution in [0.5, 0.6) is 0 Å². The number of aryl methyl sites for hydroxylation is 2. The number of thiophene rings is 1. The van der Waals surface area contributed by atoms with E-state index in [1.165, 1.54) is 64.0 Å². The summed E-state index contributed by atoms with van der Waals surface area (Å²) in [4.78, 5) is 10.8. The molecule has 0 aliphatic heterocycles. The molecule has 0 unspecified atom stereocenters. The SMILES string of the molecule is Cc1cc(-c2nc(-n3c4ccccc4c4ccc5ccc6c7ccccc7sc6c5c43)nc3ccccc23)c(C)cc1-c1ccccc1. The molecule has 0 N–H and O–H groups in total. The van der Waals surface area contributed by atoms with Gasteiger partial charge in [0, 0.05) is 47.3 Å². The fraction of sp³-hybridized carbons (Fsp3) is 0.0455. The molecule has 4 heteroatoms. The van der Waals surface area contributed by atoms with Crippen LogP contribution in [0.2, 0.25) is 0 Å². The Morgan fingerprint density at radius 3 is 2.06 bits per heavy atom.